The van der Waals surface area contributed by atoms with Gasteiger partial charge < -0.3 is 9.47 Å². The third kappa shape index (κ3) is 3.27. The Balaban J connectivity index is 1.48. The van der Waals surface area contributed by atoms with Crippen molar-refractivity contribution >= 4 is 11.6 Å². The van der Waals surface area contributed by atoms with Crippen molar-refractivity contribution in [3.05, 3.63) is 70.9 Å². The minimum absolute atomic E-state index is 0.0529. The summed E-state index contributed by atoms with van der Waals surface area (Å²) < 4.78 is 1.84. The maximum atomic E-state index is 12.2. The van der Waals surface area contributed by atoms with Crippen molar-refractivity contribution in [2.75, 3.05) is 11.9 Å². The van der Waals surface area contributed by atoms with E-state index in [1.807, 2.05) is 48.4 Å². The second kappa shape index (κ2) is 6.99. The van der Waals surface area contributed by atoms with Crippen molar-refractivity contribution in [2.45, 2.75) is 32.2 Å². The average Bonchev–Trinajstić information content (AvgIpc) is 2.99. The number of likely N-dealkylation sites (N-methyl/N-ethyl adjacent to an activating group) is 1. The van der Waals surface area contributed by atoms with E-state index in [1.165, 1.54) is 19.3 Å². The van der Waals surface area contributed by atoms with Gasteiger partial charge in [-0.3, -0.25) is 14.6 Å². The second-order valence-electron chi connectivity index (χ2n) is 8.14. The van der Waals surface area contributed by atoms with Crippen LogP contribution in [-0.2, 0) is 17.8 Å². The van der Waals surface area contributed by atoms with Crippen LogP contribution in [0.1, 0.15) is 24.8 Å². The first-order valence-electron chi connectivity index (χ1n) is 10.1. The molecule has 5 heteroatoms. The van der Waals surface area contributed by atoms with E-state index in [-0.39, 0.29) is 11.5 Å². The van der Waals surface area contributed by atoms with Gasteiger partial charge in [0.25, 0.3) is 5.56 Å². The highest BCUT2D eigenvalue weighted by molar-refractivity contribution is 6.01. The Morgan fingerprint density at radius 3 is 2.48 bits per heavy atom. The standard InChI is InChI=1S/C24H23N3O2/c1-26-22-7-5-17(9-19(22)11-24(26)29)20-10-21(13-25-12-20)18-6-8-23(28)27(15-18)14-16-3-2-4-16/h5-10,12-13,15-16H,2-4,11,14H2,1H3. The van der Waals surface area contributed by atoms with Crippen LogP contribution in [0.25, 0.3) is 22.3 Å². The summed E-state index contributed by atoms with van der Waals surface area (Å²) in [6.45, 7) is 0.798. The normalized spacial score (nSPS) is 16.0. The topological polar surface area (TPSA) is 55.2 Å². The van der Waals surface area contributed by atoms with Crippen LogP contribution in [0.15, 0.2) is 59.8 Å². The molecular weight excluding hydrogens is 362 g/mol. The Morgan fingerprint density at radius 1 is 0.966 bits per heavy atom. The van der Waals surface area contributed by atoms with E-state index in [2.05, 4.69) is 17.1 Å². The van der Waals surface area contributed by atoms with Crippen molar-refractivity contribution in [3.63, 3.8) is 0 Å². The van der Waals surface area contributed by atoms with Crippen LogP contribution in [0, 0.1) is 5.92 Å². The number of hydrogen-bond donors (Lipinski definition) is 0. The molecule has 1 fully saturated rings. The first-order valence-corrected chi connectivity index (χ1v) is 10.1. The molecule has 1 saturated carbocycles. The third-order valence-corrected chi connectivity index (χ3v) is 6.22. The summed E-state index contributed by atoms with van der Waals surface area (Å²) in [4.78, 5) is 30.4. The third-order valence-electron chi connectivity index (χ3n) is 6.22. The van der Waals surface area contributed by atoms with Crippen LogP contribution in [0.2, 0.25) is 0 Å². The number of hydrogen-bond acceptors (Lipinski definition) is 3. The fourth-order valence-electron chi connectivity index (χ4n) is 4.20. The average molecular weight is 385 g/mol. The highest BCUT2D eigenvalue weighted by Crippen LogP contribution is 2.33. The number of anilines is 1. The zero-order valence-electron chi connectivity index (χ0n) is 16.5. The number of pyridine rings is 2. The summed E-state index contributed by atoms with van der Waals surface area (Å²) in [5.74, 6) is 0.748. The van der Waals surface area contributed by atoms with Gasteiger partial charge in [-0.15, -0.1) is 0 Å². The van der Waals surface area contributed by atoms with Crippen LogP contribution in [0.4, 0.5) is 5.69 Å². The molecule has 0 radical (unpaired) electrons. The highest BCUT2D eigenvalue weighted by atomic mass is 16.2. The number of carbonyl (C=O) groups is 1. The van der Waals surface area contributed by atoms with Gasteiger partial charge in [0.2, 0.25) is 5.91 Å². The molecule has 0 atom stereocenters. The van der Waals surface area contributed by atoms with E-state index >= 15 is 0 Å². The molecule has 0 N–H and O–H groups in total. The van der Waals surface area contributed by atoms with Crippen LogP contribution in [0.3, 0.4) is 0 Å². The SMILES string of the molecule is CN1C(=O)Cc2cc(-c3cncc(-c4ccc(=O)n(CC5CCC5)c4)c3)ccc21. The lowest BCUT2D eigenvalue weighted by Crippen LogP contribution is -2.26. The minimum atomic E-state index is 0.0529. The van der Waals surface area contributed by atoms with Gasteiger partial charge in [0.05, 0.1) is 6.42 Å². The Labute approximate surface area is 169 Å². The first-order chi connectivity index (χ1) is 14.1. The molecule has 1 aromatic carbocycles. The van der Waals surface area contributed by atoms with Gasteiger partial charge in [0, 0.05) is 55.1 Å². The number of amides is 1. The number of rotatable bonds is 4. The van der Waals surface area contributed by atoms with Crippen LogP contribution in [-0.4, -0.2) is 22.5 Å². The van der Waals surface area contributed by atoms with E-state index in [0.29, 0.717) is 12.3 Å². The molecule has 1 aliphatic heterocycles. The monoisotopic (exact) mass is 385 g/mol. The number of benzene rings is 1. The van der Waals surface area contributed by atoms with Gasteiger partial charge >= 0.3 is 0 Å². The molecule has 0 spiro atoms. The van der Waals surface area contributed by atoms with Gasteiger partial charge in [0.1, 0.15) is 0 Å². The van der Waals surface area contributed by atoms with E-state index in [1.54, 1.807) is 11.0 Å². The summed E-state index contributed by atoms with van der Waals surface area (Å²) in [6, 6.07) is 11.7. The summed E-state index contributed by atoms with van der Waals surface area (Å²) in [5.41, 5.74) is 6.11. The Kier molecular flexibility index (Phi) is 4.31. The number of nitrogens with zero attached hydrogens (tertiary/aromatic N) is 3. The van der Waals surface area contributed by atoms with E-state index < -0.39 is 0 Å². The zero-order chi connectivity index (χ0) is 20.0. The number of aromatic nitrogens is 2. The number of fused-ring (bicyclic) bond motifs is 1. The van der Waals surface area contributed by atoms with Crippen molar-refractivity contribution in [2.24, 2.45) is 5.92 Å². The number of carbonyl (C=O) groups excluding carboxylic acids is 1. The van der Waals surface area contributed by atoms with Crippen LogP contribution < -0.4 is 10.5 Å². The molecule has 5 nitrogen and oxygen atoms in total. The zero-order valence-corrected chi connectivity index (χ0v) is 16.5. The second-order valence-corrected chi connectivity index (χ2v) is 8.14. The molecule has 1 amide bonds. The fraction of sp³-hybridized carbons (Fsp3) is 0.292. The quantitative estimate of drug-likeness (QED) is 0.685. The van der Waals surface area contributed by atoms with Gasteiger partial charge in [-0.2, -0.15) is 0 Å². The largest absolute Gasteiger partial charge is 0.315 e. The lowest BCUT2D eigenvalue weighted by molar-refractivity contribution is -0.117. The Bertz CT molecular complexity index is 1160. The lowest BCUT2D eigenvalue weighted by Gasteiger charge is -2.26. The van der Waals surface area contributed by atoms with Gasteiger partial charge in [-0.1, -0.05) is 12.5 Å². The first kappa shape index (κ1) is 17.9. The predicted molar refractivity (Wildman–Crippen MR) is 114 cm³/mol. The van der Waals surface area contributed by atoms with Crippen LogP contribution in [0.5, 0.6) is 0 Å². The summed E-state index contributed by atoms with van der Waals surface area (Å²) in [5, 5.41) is 0. The van der Waals surface area contributed by atoms with Crippen molar-refractivity contribution < 1.29 is 4.79 Å². The smallest absolute Gasteiger partial charge is 0.250 e. The van der Waals surface area contributed by atoms with E-state index in [4.69, 9.17) is 0 Å². The molecule has 0 saturated heterocycles. The summed E-state index contributed by atoms with van der Waals surface area (Å²) in [6.07, 6.45) is 9.77. The molecule has 1 aliphatic carbocycles. The van der Waals surface area contributed by atoms with Crippen molar-refractivity contribution in [1.82, 2.24) is 9.55 Å². The predicted octanol–water partition coefficient (Wildman–Crippen LogP) is 3.90. The van der Waals surface area contributed by atoms with Gasteiger partial charge in [-0.25, -0.2) is 0 Å². The molecule has 3 aromatic rings. The van der Waals surface area contributed by atoms with Gasteiger partial charge in [-0.05, 0) is 59.7 Å². The van der Waals surface area contributed by atoms with Crippen molar-refractivity contribution in [3.8, 4) is 22.3 Å². The van der Waals surface area contributed by atoms with E-state index in [9.17, 15) is 9.59 Å². The summed E-state index contributed by atoms with van der Waals surface area (Å²) >= 11 is 0. The highest BCUT2D eigenvalue weighted by Gasteiger charge is 2.24. The van der Waals surface area contributed by atoms with Gasteiger partial charge in [0.15, 0.2) is 0 Å². The van der Waals surface area contributed by atoms with E-state index in [0.717, 1.165) is 40.0 Å². The lowest BCUT2D eigenvalue weighted by atomic mass is 9.85. The molecule has 2 aliphatic rings. The molecule has 29 heavy (non-hydrogen) atoms. The molecule has 2 aromatic heterocycles. The molecular formula is C24H23N3O2. The molecule has 0 unspecified atom stereocenters. The molecule has 5 rings (SSSR count). The molecule has 3 heterocycles. The van der Waals surface area contributed by atoms with Crippen molar-refractivity contribution in [1.29, 1.82) is 0 Å². The maximum Gasteiger partial charge on any atom is 0.250 e. The maximum absolute atomic E-state index is 12.2. The molecule has 0 bridgehead atoms. The van der Waals surface area contributed by atoms with Crippen LogP contribution >= 0.6 is 0 Å². The Morgan fingerprint density at radius 2 is 1.72 bits per heavy atom. The molecule has 146 valence electrons. The summed E-state index contributed by atoms with van der Waals surface area (Å²) in [7, 11) is 1.81. The minimum Gasteiger partial charge on any atom is -0.315 e. The fourth-order valence-corrected chi connectivity index (χ4v) is 4.20. The Hall–Kier alpha value is -3.21.